The molecule has 0 aliphatic heterocycles. The molecular weight excluding hydrogens is 266 g/mol. The van der Waals surface area contributed by atoms with Gasteiger partial charge >= 0.3 is 0 Å². The molecule has 0 spiro atoms. The van der Waals surface area contributed by atoms with E-state index in [0.29, 0.717) is 22.3 Å². The van der Waals surface area contributed by atoms with Gasteiger partial charge in [0.15, 0.2) is 5.11 Å². The maximum atomic E-state index is 12.1. The highest BCUT2D eigenvalue weighted by Crippen LogP contribution is 2.18. The number of rotatable bonds is 3. The zero-order valence-corrected chi connectivity index (χ0v) is 10.9. The summed E-state index contributed by atoms with van der Waals surface area (Å²) in [6, 6.07) is 4.97. The fourth-order valence-electron chi connectivity index (χ4n) is 1.51. The molecule has 0 amide bonds. The van der Waals surface area contributed by atoms with Gasteiger partial charge in [-0.3, -0.25) is 10.2 Å². The molecule has 0 aliphatic carbocycles. The Kier molecular flexibility index (Phi) is 3.76. The summed E-state index contributed by atoms with van der Waals surface area (Å²) < 4.78 is 10.4. The zero-order valence-electron chi connectivity index (χ0n) is 10.0. The summed E-state index contributed by atoms with van der Waals surface area (Å²) in [5.74, 6) is 0.618. The summed E-state index contributed by atoms with van der Waals surface area (Å²) in [6.45, 7) is 0. The zero-order chi connectivity index (χ0) is 13.8. The van der Waals surface area contributed by atoms with Crippen molar-refractivity contribution >= 4 is 34.5 Å². The molecule has 0 saturated carbocycles. The molecule has 1 aromatic carbocycles. The van der Waals surface area contributed by atoms with Gasteiger partial charge in [0.05, 0.1) is 24.3 Å². The molecule has 2 rings (SSSR count). The van der Waals surface area contributed by atoms with Crippen molar-refractivity contribution in [3.63, 3.8) is 0 Å². The predicted octanol–water partition coefficient (Wildman–Crippen LogP) is 0.969. The monoisotopic (exact) mass is 277 g/mol. The van der Waals surface area contributed by atoms with Crippen LogP contribution in [0.15, 0.2) is 38.8 Å². The number of thiocarbonyl (C=S) groups is 1. The maximum absolute atomic E-state index is 12.1. The highest BCUT2D eigenvalue weighted by Gasteiger charge is 2.06. The largest absolute Gasteiger partial charge is 0.497 e. The third kappa shape index (κ3) is 2.89. The van der Waals surface area contributed by atoms with Crippen molar-refractivity contribution in [2.45, 2.75) is 0 Å². The SMILES string of the molecule is COc1ccc2c(=O)c(/C=N\NC(N)=S)coc2c1. The Balaban J connectivity index is 2.43. The molecule has 0 unspecified atom stereocenters. The van der Waals surface area contributed by atoms with Gasteiger partial charge in [-0.1, -0.05) is 0 Å². The molecule has 1 heterocycles. The summed E-state index contributed by atoms with van der Waals surface area (Å²) in [5, 5.41) is 4.18. The smallest absolute Gasteiger partial charge is 0.201 e. The van der Waals surface area contributed by atoms with Gasteiger partial charge in [-0.25, -0.2) is 0 Å². The van der Waals surface area contributed by atoms with Crippen LogP contribution in [0.5, 0.6) is 5.75 Å². The second-order valence-electron chi connectivity index (χ2n) is 3.62. The number of benzene rings is 1. The lowest BCUT2D eigenvalue weighted by molar-refractivity contribution is 0.414. The van der Waals surface area contributed by atoms with Crippen LogP contribution in [0, 0.1) is 0 Å². The molecular formula is C12H11N3O3S. The first-order valence-electron chi connectivity index (χ1n) is 5.30. The molecule has 0 fully saturated rings. The lowest BCUT2D eigenvalue weighted by Gasteiger charge is -2.02. The van der Waals surface area contributed by atoms with Crippen LogP contribution < -0.4 is 21.3 Å². The molecule has 0 aliphatic rings. The van der Waals surface area contributed by atoms with Crippen molar-refractivity contribution in [1.29, 1.82) is 0 Å². The summed E-state index contributed by atoms with van der Waals surface area (Å²) in [7, 11) is 1.54. The van der Waals surface area contributed by atoms with E-state index >= 15 is 0 Å². The normalized spacial score (nSPS) is 10.8. The third-order valence-electron chi connectivity index (χ3n) is 2.39. The Morgan fingerprint density at radius 2 is 2.37 bits per heavy atom. The predicted molar refractivity (Wildman–Crippen MR) is 76.6 cm³/mol. The first-order chi connectivity index (χ1) is 9.11. The van der Waals surface area contributed by atoms with Crippen molar-refractivity contribution in [3.8, 4) is 5.75 Å². The molecule has 6 nitrogen and oxygen atoms in total. The lowest BCUT2D eigenvalue weighted by Crippen LogP contribution is -2.24. The highest BCUT2D eigenvalue weighted by atomic mass is 32.1. The molecule has 0 saturated heterocycles. The first-order valence-corrected chi connectivity index (χ1v) is 5.70. The van der Waals surface area contributed by atoms with Crippen LogP contribution >= 0.6 is 12.2 Å². The number of nitrogens with zero attached hydrogens (tertiary/aromatic N) is 1. The van der Waals surface area contributed by atoms with Crippen LogP contribution in [-0.4, -0.2) is 18.4 Å². The van der Waals surface area contributed by atoms with Crippen LogP contribution in [0.2, 0.25) is 0 Å². The molecule has 98 valence electrons. The van der Waals surface area contributed by atoms with Gasteiger partial charge in [-0.15, -0.1) is 0 Å². The molecule has 2 aromatic rings. The van der Waals surface area contributed by atoms with Gasteiger partial charge in [0.1, 0.15) is 17.6 Å². The Labute approximate surface area is 113 Å². The molecule has 0 atom stereocenters. The third-order valence-corrected chi connectivity index (χ3v) is 2.48. The molecule has 0 bridgehead atoms. The van der Waals surface area contributed by atoms with Gasteiger partial charge in [0.25, 0.3) is 0 Å². The van der Waals surface area contributed by atoms with E-state index < -0.39 is 0 Å². The van der Waals surface area contributed by atoms with E-state index in [9.17, 15) is 4.79 Å². The fourth-order valence-corrected chi connectivity index (χ4v) is 1.56. The maximum Gasteiger partial charge on any atom is 0.201 e. The molecule has 7 heteroatoms. The van der Waals surface area contributed by atoms with Crippen LogP contribution in [0.1, 0.15) is 5.56 Å². The number of methoxy groups -OCH3 is 1. The second-order valence-corrected chi connectivity index (χ2v) is 4.06. The average Bonchev–Trinajstić information content (AvgIpc) is 2.40. The summed E-state index contributed by atoms with van der Waals surface area (Å²) in [5.41, 5.74) is 8.12. The second kappa shape index (κ2) is 5.49. The Hall–Kier alpha value is -2.41. The van der Waals surface area contributed by atoms with Crippen molar-refractivity contribution < 1.29 is 9.15 Å². The summed E-state index contributed by atoms with van der Waals surface area (Å²) in [4.78, 5) is 12.1. The first kappa shape index (κ1) is 13.0. The van der Waals surface area contributed by atoms with E-state index in [1.807, 2.05) is 0 Å². The molecule has 3 N–H and O–H groups in total. The van der Waals surface area contributed by atoms with Crippen molar-refractivity contribution in [3.05, 3.63) is 40.2 Å². The topological polar surface area (TPSA) is 89.8 Å². The van der Waals surface area contributed by atoms with Crippen LogP contribution in [0.4, 0.5) is 0 Å². The van der Waals surface area contributed by atoms with Crippen molar-refractivity contribution in [1.82, 2.24) is 5.43 Å². The number of nitrogens with one attached hydrogen (secondary N) is 1. The number of fused-ring (bicyclic) bond motifs is 1. The van der Waals surface area contributed by atoms with E-state index in [2.05, 4.69) is 22.7 Å². The summed E-state index contributed by atoms with van der Waals surface area (Å²) >= 11 is 4.59. The van der Waals surface area contributed by atoms with Gasteiger partial charge in [0, 0.05) is 6.07 Å². The van der Waals surface area contributed by atoms with Gasteiger partial charge in [-0.05, 0) is 24.4 Å². The molecule has 19 heavy (non-hydrogen) atoms. The number of nitrogens with two attached hydrogens (primary N) is 1. The number of hydrazone groups is 1. The fraction of sp³-hybridized carbons (Fsp3) is 0.0833. The quantitative estimate of drug-likeness (QED) is 0.493. The van der Waals surface area contributed by atoms with E-state index in [-0.39, 0.29) is 10.5 Å². The van der Waals surface area contributed by atoms with Crippen molar-refractivity contribution in [2.75, 3.05) is 7.11 Å². The van der Waals surface area contributed by atoms with Crippen LogP contribution in [-0.2, 0) is 0 Å². The van der Waals surface area contributed by atoms with Crippen molar-refractivity contribution in [2.24, 2.45) is 10.8 Å². The van der Waals surface area contributed by atoms with Gasteiger partial charge in [-0.2, -0.15) is 5.10 Å². The van der Waals surface area contributed by atoms with Crippen LogP contribution in [0.25, 0.3) is 11.0 Å². The van der Waals surface area contributed by atoms with Crippen LogP contribution in [0.3, 0.4) is 0 Å². The average molecular weight is 277 g/mol. The lowest BCUT2D eigenvalue weighted by atomic mass is 10.2. The van der Waals surface area contributed by atoms with Gasteiger partial charge in [0.2, 0.25) is 5.43 Å². The highest BCUT2D eigenvalue weighted by molar-refractivity contribution is 7.80. The minimum Gasteiger partial charge on any atom is -0.497 e. The number of hydrogen-bond acceptors (Lipinski definition) is 5. The Morgan fingerprint density at radius 3 is 3.05 bits per heavy atom. The van der Waals surface area contributed by atoms with E-state index in [0.717, 1.165) is 0 Å². The summed E-state index contributed by atoms with van der Waals surface area (Å²) in [6.07, 6.45) is 2.61. The minimum absolute atomic E-state index is 0.0196. The Morgan fingerprint density at radius 1 is 1.58 bits per heavy atom. The van der Waals surface area contributed by atoms with Gasteiger partial charge < -0.3 is 14.9 Å². The standard InChI is InChI=1S/C12H11N3O3S/c1-17-8-2-3-9-10(4-8)18-6-7(11(9)16)5-14-15-12(13)19/h2-6H,1H3,(H3,13,15,19)/b14-5-. The number of hydrogen-bond donors (Lipinski definition) is 2. The number of ether oxygens (including phenoxy) is 1. The molecule has 0 radical (unpaired) electrons. The van der Waals surface area contributed by atoms with E-state index in [1.54, 1.807) is 25.3 Å². The minimum atomic E-state index is -0.197. The van der Waals surface area contributed by atoms with E-state index in [1.165, 1.54) is 12.5 Å². The van der Waals surface area contributed by atoms with E-state index in [4.69, 9.17) is 14.9 Å². The Bertz CT molecular complexity index is 709. The molecule has 1 aromatic heterocycles.